The Morgan fingerprint density at radius 2 is 1.52 bits per heavy atom. The molecule has 1 aromatic rings. The van der Waals surface area contributed by atoms with Crippen LogP contribution in [0.15, 0.2) is 21.9 Å². The highest BCUT2D eigenvalue weighted by Crippen LogP contribution is 2.49. The molecule has 4 atom stereocenters. The van der Waals surface area contributed by atoms with Gasteiger partial charge in [-0.1, -0.05) is 15.9 Å². The average Bonchev–Trinajstić information content (AvgIpc) is 3.26. The van der Waals surface area contributed by atoms with Gasteiger partial charge in [-0.25, -0.2) is 4.79 Å². The number of nitrogens with zero attached hydrogens (tertiary/aromatic N) is 1. The standard InChI is InChI=1S/C11H17N2O4P.C7H14BrO2P/c1-18(2,16)10-4-3-8(17-10)7-13-6-5-9(14)12-11(13)15;1-11(2,9)7-4-3-6(5-8)10-7/h5-6,8,10H,3-4,7H2,1-2H3,(H,12,14,15);6-7H,3-5H2,1-2H3. The van der Waals surface area contributed by atoms with E-state index in [4.69, 9.17) is 9.47 Å². The van der Waals surface area contributed by atoms with Crippen LogP contribution in [0.1, 0.15) is 25.7 Å². The second kappa shape index (κ2) is 10.2. The van der Waals surface area contributed by atoms with Gasteiger partial charge < -0.3 is 18.6 Å². The molecule has 0 spiro atoms. The van der Waals surface area contributed by atoms with Gasteiger partial charge >= 0.3 is 5.69 Å². The Balaban J connectivity index is 0.000000234. The van der Waals surface area contributed by atoms with E-state index < -0.39 is 25.5 Å². The maximum atomic E-state index is 11.9. The van der Waals surface area contributed by atoms with Crippen LogP contribution in [0, 0.1) is 0 Å². The van der Waals surface area contributed by atoms with Gasteiger partial charge in [0.15, 0.2) is 0 Å². The Morgan fingerprint density at radius 3 is 1.93 bits per heavy atom. The minimum Gasteiger partial charge on any atom is -0.366 e. The van der Waals surface area contributed by atoms with E-state index in [9.17, 15) is 18.7 Å². The highest BCUT2D eigenvalue weighted by molar-refractivity contribution is 9.09. The maximum absolute atomic E-state index is 11.9. The van der Waals surface area contributed by atoms with Crippen LogP contribution in [-0.4, -0.2) is 65.4 Å². The van der Waals surface area contributed by atoms with Crippen molar-refractivity contribution >= 4 is 30.2 Å². The normalized spacial score (nSPS) is 27.5. The first-order valence-electron chi connectivity index (χ1n) is 9.66. The summed E-state index contributed by atoms with van der Waals surface area (Å²) in [4.78, 5) is 24.6. The average molecular weight is 513 g/mol. The first kappa shape index (κ1) is 24.8. The Bertz CT molecular complexity index is 889. The van der Waals surface area contributed by atoms with Crippen LogP contribution >= 0.6 is 30.2 Å². The number of hydrogen-bond acceptors (Lipinski definition) is 6. The van der Waals surface area contributed by atoms with Gasteiger partial charge in [-0.3, -0.25) is 14.3 Å². The molecule has 0 radical (unpaired) electrons. The Kier molecular flexibility index (Phi) is 8.75. The van der Waals surface area contributed by atoms with Crippen molar-refractivity contribution < 1.29 is 18.6 Å². The molecule has 0 aliphatic carbocycles. The molecule has 8 nitrogen and oxygen atoms in total. The summed E-state index contributed by atoms with van der Waals surface area (Å²) in [6, 6.07) is 1.30. The summed E-state index contributed by atoms with van der Waals surface area (Å²) in [5, 5.41) is 0.865. The van der Waals surface area contributed by atoms with Gasteiger partial charge in [0.1, 0.15) is 26.0 Å². The van der Waals surface area contributed by atoms with Crippen molar-refractivity contribution in [3.05, 3.63) is 33.1 Å². The van der Waals surface area contributed by atoms with E-state index in [1.807, 2.05) is 0 Å². The minimum absolute atomic E-state index is 0.0186. The molecule has 0 aromatic carbocycles. The number of H-pyrrole nitrogens is 1. The monoisotopic (exact) mass is 512 g/mol. The van der Waals surface area contributed by atoms with Crippen LogP contribution in [0.4, 0.5) is 0 Å². The SMILES string of the molecule is CP(C)(=O)C1CCC(CBr)O1.CP(C)(=O)C1CCC(Cn2ccc(=O)[nH]c2=O)O1. The number of rotatable bonds is 5. The fourth-order valence-electron chi connectivity index (χ4n) is 3.34. The molecule has 2 saturated heterocycles. The van der Waals surface area contributed by atoms with Gasteiger partial charge in [-0.15, -0.1) is 0 Å². The number of hydrogen-bond donors (Lipinski definition) is 1. The first-order chi connectivity index (χ1) is 13.4. The lowest BCUT2D eigenvalue weighted by Crippen LogP contribution is -2.32. The number of halogens is 1. The van der Waals surface area contributed by atoms with Gasteiger partial charge in [0.25, 0.3) is 5.56 Å². The minimum atomic E-state index is -2.24. The smallest absolute Gasteiger partial charge is 0.328 e. The van der Waals surface area contributed by atoms with E-state index in [-0.39, 0.29) is 23.9 Å². The molecular formula is C18H31BrN2O6P2. The molecule has 2 aliphatic heterocycles. The second-order valence-electron chi connectivity index (χ2n) is 8.37. The van der Waals surface area contributed by atoms with Gasteiger partial charge in [-0.05, 0) is 52.3 Å². The van der Waals surface area contributed by atoms with E-state index in [0.29, 0.717) is 6.54 Å². The topological polar surface area (TPSA) is 107 Å². The third-order valence-electron chi connectivity index (χ3n) is 5.03. The molecule has 3 rings (SSSR count). The number of ether oxygens (including phenoxy) is 2. The fraction of sp³-hybridized carbons (Fsp3) is 0.778. The zero-order valence-electron chi connectivity index (χ0n) is 17.4. The molecule has 166 valence electrons. The van der Waals surface area contributed by atoms with Crippen molar-refractivity contribution in [2.24, 2.45) is 0 Å². The van der Waals surface area contributed by atoms with E-state index in [2.05, 4.69) is 20.9 Å². The summed E-state index contributed by atoms with van der Waals surface area (Å²) in [5.74, 6) is -0.189. The van der Waals surface area contributed by atoms with Crippen LogP contribution in [0.5, 0.6) is 0 Å². The predicted molar refractivity (Wildman–Crippen MR) is 120 cm³/mol. The number of alkyl halides is 1. The van der Waals surface area contributed by atoms with Crippen LogP contribution in [0.25, 0.3) is 0 Å². The Morgan fingerprint density at radius 1 is 1.00 bits per heavy atom. The third kappa shape index (κ3) is 7.62. The highest BCUT2D eigenvalue weighted by atomic mass is 79.9. The number of aromatic amines is 1. The molecule has 0 saturated carbocycles. The zero-order valence-corrected chi connectivity index (χ0v) is 20.8. The lowest BCUT2D eigenvalue weighted by atomic mass is 10.2. The van der Waals surface area contributed by atoms with E-state index in [0.717, 1.165) is 31.0 Å². The van der Waals surface area contributed by atoms with Crippen molar-refractivity contribution in [3.8, 4) is 0 Å². The van der Waals surface area contributed by atoms with E-state index in [1.165, 1.54) is 16.8 Å². The lowest BCUT2D eigenvalue weighted by Gasteiger charge is -2.17. The van der Waals surface area contributed by atoms with E-state index in [1.54, 1.807) is 26.7 Å². The summed E-state index contributed by atoms with van der Waals surface area (Å²) >= 11 is 3.36. The molecule has 2 aliphatic rings. The molecule has 2 fully saturated rings. The van der Waals surface area contributed by atoms with Gasteiger partial charge in [-0.2, -0.15) is 0 Å². The molecule has 11 heteroatoms. The maximum Gasteiger partial charge on any atom is 0.328 e. The molecule has 1 N–H and O–H groups in total. The number of nitrogens with one attached hydrogen (secondary N) is 1. The molecule has 3 heterocycles. The lowest BCUT2D eigenvalue weighted by molar-refractivity contribution is 0.0732. The Labute approximate surface area is 179 Å². The summed E-state index contributed by atoms with van der Waals surface area (Å²) in [5.41, 5.74) is -0.848. The van der Waals surface area contributed by atoms with Crippen LogP contribution in [-0.2, 0) is 25.1 Å². The molecular weight excluding hydrogens is 482 g/mol. The zero-order chi connectivity index (χ0) is 21.8. The van der Waals surface area contributed by atoms with E-state index >= 15 is 0 Å². The predicted octanol–water partition coefficient (Wildman–Crippen LogP) is 3.17. The van der Waals surface area contributed by atoms with Crippen molar-refractivity contribution in [1.29, 1.82) is 0 Å². The number of aromatic nitrogens is 2. The van der Waals surface area contributed by atoms with Gasteiger partial charge in [0.05, 0.1) is 18.8 Å². The third-order valence-corrected chi connectivity index (χ3v) is 9.28. The van der Waals surface area contributed by atoms with Crippen molar-refractivity contribution in [2.45, 2.75) is 56.1 Å². The second-order valence-corrected chi connectivity index (χ2v) is 15.9. The van der Waals surface area contributed by atoms with Crippen molar-refractivity contribution in [2.75, 3.05) is 32.0 Å². The Hall–Kier alpha value is -0.460. The van der Waals surface area contributed by atoms with Crippen LogP contribution in [0.2, 0.25) is 0 Å². The first-order valence-corrected chi connectivity index (χ1v) is 16.1. The molecule has 1 aromatic heterocycles. The molecule has 0 amide bonds. The summed E-state index contributed by atoms with van der Waals surface area (Å²) < 4.78 is 36.1. The fourth-order valence-corrected chi connectivity index (χ4v) is 6.29. The van der Waals surface area contributed by atoms with Crippen molar-refractivity contribution in [1.82, 2.24) is 9.55 Å². The largest absolute Gasteiger partial charge is 0.366 e. The van der Waals surface area contributed by atoms with Crippen LogP contribution in [0.3, 0.4) is 0 Å². The van der Waals surface area contributed by atoms with Crippen molar-refractivity contribution in [3.63, 3.8) is 0 Å². The summed E-state index contributed by atoms with van der Waals surface area (Å²) in [7, 11) is -4.25. The molecule has 29 heavy (non-hydrogen) atoms. The van der Waals surface area contributed by atoms with Gasteiger partial charge in [0, 0.05) is 17.6 Å². The van der Waals surface area contributed by atoms with Gasteiger partial charge in [0.2, 0.25) is 0 Å². The summed E-state index contributed by atoms with van der Waals surface area (Å²) in [6.45, 7) is 7.41. The molecule has 0 bridgehead atoms. The summed E-state index contributed by atoms with van der Waals surface area (Å²) in [6.07, 6.45) is 5.16. The highest BCUT2D eigenvalue weighted by Gasteiger charge is 2.34. The quantitative estimate of drug-likeness (QED) is 0.479. The molecule has 4 unspecified atom stereocenters. The van der Waals surface area contributed by atoms with Crippen LogP contribution < -0.4 is 11.2 Å².